The molecule has 0 bridgehead atoms. The first-order valence-electron chi connectivity index (χ1n) is 11.2. The molecule has 0 radical (unpaired) electrons. The van der Waals surface area contributed by atoms with Gasteiger partial charge < -0.3 is 20.6 Å². The van der Waals surface area contributed by atoms with Crippen molar-refractivity contribution in [1.29, 1.82) is 0 Å². The second kappa shape index (κ2) is 8.56. The predicted octanol–water partition coefficient (Wildman–Crippen LogP) is 2.13. The highest BCUT2D eigenvalue weighted by atomic mass is 16.4. The zero-order valence-electron chi connectivity index (χ0n) is 18.8. The third-order valence-electron chi connectivity index (χ3n) is 7.54. The van der Waals surface area contributed by atoms with E-state index in [1.54, 1.807) is 0 Å². The number of aliphatic hydroxyl groups is 3. The van der Waals surface area contributed by atoms with Gasteiger partial charge in [-0.15, -0.1) is 0 Å². The van der Waals surface area contributed by atoms with Crippen molar-refractivity contribution in [3.8, 4) is 0 Å². The molecule has 1 heterocycles. The highest BCUT2D eigenvalue weighted by Gasteiger charge is 2.65. The lowest BCUT2D eigenvalue weighted by molar-refractivity contribution is -0.148. The number of carbonyl (C=O) groups excluding carboxylic acids is 2. The Bertz CT molecular complexity index is 757. The van der Waals surface area contributed by atoms with Gasteiger partial charge in [-0.25, -0.2) is 0 Å². The Balaban J connectivity index is 2.18. The number of hydrogen-bond donors (Lipinski definition) is 4. The minimum absolute atomic E-state index is 0.0411. The zero-order valence-corrected chi connectivity index (χ0v) is 18.8. The Hall–Kier alpha value is -1.50. The molecule has 0 saturated carbocycles. The predicted molar refractivity (Wildman–Crippen MR) is 114 cm³/mol. The lowest BCUT2D eigenvalue weighted by Gasteiger charge is -2.45. The van der Waals surface area contributed by atoms with Gasteiger partial charge in [-0.2, -0.15) is 0 Å². The molecule has 0 unspecified atom stereocenters. The average molecular weight is 420 g/mol. The molecule has 0 aromatic rings. The van der Waals surface area contributed by atoms with E-state index in [-0.39, 0.29) is 36.0 Å². The van der Waals surface area contributed by atoms with Crippen molar-refractivity contribution in [2.75, 3.05) is 0 Å². The fourth-order valence-electron chi connectivity index (χ4n) is 5.88. The summed E-state index contributed by atoms with van der Waals surface area (Å²) in [5, 5.41) is 34.3. The lowest BCUT2D eigenvalue weighted by Crippen LogP contribution is -2.53. The maximum atomic E-state index is 13.8. The topological polar surface area (TPSA) is 107 Å². The molecule has 3 aliphatic rings. The van der Waals surface area contributed by atoms with E-state index in [4.69, 9.17) is 0 Å². The number of allylic oxidation sites excluding steroid dienone is 4. The van der Waals surface area contributed by atoms with Crippen LogP contribution in [0.25, 0.3) is 0 Å². The third kappa shape index (κ3) is 3.78. The zero-order chi connectivity index (χ0) is 22.4. The summed E-state index contributed by atoms with van der Waals surface area (Å²) in [6, 6.07) is -0.117. The summed E-state index contributed by atoms with van der Waals surface area (Å²) in [7, 11) is 0. The van der Waals surface area contributed by atoms with Crippen LogP contribution < -0.4 is 5.32 Å². The molecule has 168 valence electrons. The molecule has 3 rings (SSSR count). The van der Waals surface area contributed by atoms with Crippen LogP contribution in [0.4, 0.5) is 0 Å². The number of nitrogens with one attached hydrogen (secondary N) is 1. The summed E-state index contributed by atoms with van der Waals surface area (Å²) in [6.45, 7) is 10.3. The van der Waals surface area contributed by atoms with E-state index in [1.807, 2.05) is 19.1 Å². The minimum Gasteiger partial charge on any atom is -0.390 e. The molecule has 2 aliphatic carbocycles. The van der Waals surface area contributed by atoms with Gasteiger partial charge in [0, 0.05) is 24.3 Å². The van der Waals surface area contributed by atoms with Crippen LogP contribution in [-0.2, 0) is 9.59 Å². The normalized spacial score (nSPS) is 44.4. The van der Waals surface area contributed by atoms with Crippen LogP contribution in [0.3, 0.4) is 0 Å². The highest BCUT2D eigenvalue weighted by molar-refractivity contribution is 6.09. The van der Waals surface area contributed by atoms with E-state index < -0.39 is 29.6 Å². The molecule has 1 fully saturated rings. The van der Waals surface area contributed by atoms with Crippen molar-refractivity contribution >= 4 is 11.7 Å². The van der Waals surface area contributed by atoms with Crippen LogP contribution in [0.1, 0.15) is 60.3 Å². The number of rotatable bonds is 2. The van der Waals surface area contributed by atoms with Crippen molar-refractivity contribution in [3.63, 3.8) is 0 Å². The Kier molecular flexibility index (Phi) is 6.61. The number of Topliss-reactive ketones (excluding diaryl/α,β-unsaturated/α-hetero) is 1. The number of hydrogen-bond acceptors (Lipinski definition) is 5. The quantitative estimate of drug-likeness (QED) is 0.405. The van der Waals surface area contributed by atoms with Crippen LogP contribution in [0.2, 0.25) is 0 Å². The van der Waals surface area contributed by atoms with Crippen LogP contribution in [0.15, 0.2) is 23.3 Å². The fourth-order valence-corrected chi connectivity index (χ4v) is 5.88. The van der Waals surface area contributed by atoms with Gasteiger partial charge in [0.15, 0.2) is 5.78 Å². The molecule has 0 aromatic carbocycles. The van der Waals surface area contributed by atoms with Crippen molar-refractivity contribution in [2.24, 2.45) is 29.1 Å². The summed E-state index contributed by atoms with van der Waals surface area (Å²) in [6.07, 6.45) is 1.35. The Morgan fingerprint density at radius 2 is 1.80 bits per heavy atom. The Morgan fingerprint density at radius 3 is 2.43 bits per heavy atom. The summed E-state index contributed by atoms with van der Waals surface area (Å²) in [4.78, 5) is 27.3. The van der Waals surface area contributed by atoms with Gasteiger partial charge in [-0.3, -0.25) is 9.59 Å². The second-order valence-electron chi connectivity index (χ2n) is 10.1. The van der Waals surface area contributed by atoms with Gasteiger partial charge in [-0.05, 0) is 44.9 Å². The second-order valence-corrected chi connectivity index (χ2v) is 10.1. The summed E-state index contributed by atoms with van der Waals surface area (Å²) in [5.41, 5.74) is 0.834. The average Bonchev–Trinajstić information content (AvgIpc) is 2.94. The van der Waals surface area contributed by atoms with Gasteiger partial charge in [0.25, 0.3) is 0 Å². The molecule has 1 amide bonds. The number of aliphatic hydroxyl groups excluding tert-OH is 3. The fraction of sp³-hybridized carbons (Fsp3) is 0.750. The third-order valence-corrected chi connectivity index (χ3v) is 7.54. The maximum Gasteiger partial charge on any atom is 0.235 e. The summed E-state index contributed by atoms with van der Waals surface area (Å²) in [5.74, 6) is -0.827. The van der Waals surface area contributed by atoms with E-state index in [9.17, 15) is 24.9 Å². The SMILES string of the molecule is CC1=C[C@@H]2/C=C(/C)CC[C@H](O)[C@H](O)[C@@H](O)CC(=O)[C@]23C(=O)N[C@@H](CC(C)C)[C@@H]3[C@@H]1C. The smallest absolute Gasteiger partial charge is 0.235 e. The standard InChI is InChI=1S/C24H37NO5/c1-12(2)8-17-21-15(5)14(4)10-16-9-13(3)6-7-18(26)22(29)19(27)11-20(28)24(16,21)23(30)25-17/h9-10,12,15-19,21-22,26-27,29H,6-8,11H2,1-5H3,(H,25,30)/b13-9-/t15-,16+,17+,18+,19+,21+,22+,24-/m1/s1. The number of amides is 1. The van der Waals surface area contributed by atoms with E-state index in [1.165, 1.54) is 5.57 Å². The lowest BCUT2D eigenvalue weighted by atomic mass is 9.54. The molecule has 8 atom stereocenters. The van der Waals surface area contributed by atoms with Crippen LogP contribution in [0.5, 0.6) is 0 Å². The number of carbonyl (C=O) groups is 2. The molecular formula is C24H37NO5. The molecule has 1 saturated heterocycles. The maximum absolute atomic E-state index is 13.8. The van der Waals surface area contributed by atoms with Crippen molar-refractivity contribution in [3.05, 3.63) is 23.3 Å². The largest absolute Gasteiger partial charge is 0.390 e. The first-order valence-corrected chi connectivity index (χ1v) is 11.2. The van der Waals surface area contributed by atoms with Gasteiger partial charge in [0.1, 0.15) is 11.5 Å². The van der Waals surface area contributed by atoms with Gasteiger partial charge >= 0.3 is 0 Å². The van der Waals surface area contributed by atoms with E-state index in [2.05, 4.69) is 33.0 Å². The molecular weight excluding hydrogens is 382 g/mol. The molecule has 6 heteroatoms. The van der Waals surface area contributed by atoms with Crippen molar-refractivity contribution in [2.45, 2.75) is 84.7 Å². The van der Waals surface area contributed by atoms with E-state index in [0.29, 0.717) is 18.8 Å². The van der Waals surface area contributed by atoms with Gasteiger partial charge in [0.2, 0.25) is 5.91 Å². The molecule has 1 spiro atoms. The first kappa shape index (κ1) is 23.2. The van der Waals surface area contributed by atoms with Crippen LogP contribution in [-0.4, -0.2) is 51.4 Å². The highest BCUT2D eigenvalue weighted by Crippen LogP contribution is 2.55. The summed E-state index contributed by atoms with van der Waals surface area (Å²) < 4.78 is 0. The van der Waals surface area contributed by atoms with Crippen molar-refractivity contribution in [1.82, 2.24) is 5.32 Å². The molecule has 1 aliphatic heterocycles. The van der Waals surface area contributed by atoms with Gasteiger partial charge in [0.05, 0.1) is 12.2 Å². The number of ketones is 1. The van der Waals surface area contributed by atoms with E-state index >= 15 is 0 Å². The summed E-state index contributed by atoms with van der Waals surface area (Å²) >= 11 is 0. The monoisotopic (exact) mass is 419 g/mol. The van der Waals surface area contributed by atoms with Gasteiger partial charge in [-0.1, -0.05) is 44.1 Å². The Labute approximate surface area is 179 Å². The molecule has 6 nitrogen and oxygen atoms in total. The molecule has 0 aromatic heterocycles. The van der Waals surface area contributed by atoms with Crippen LogP contribution >= 0.6 is 0 Å². The first-order chi connectivity index (χ1) is 14.0. The van der Waals surface area contributed by atoms with E-state index in [0.717, 1.165) is 12.0 Å². The van der Waals surface area contributed by atoms with Crippen LogP contribution in [0, 0.1) is 29.1 Å². The van der Waals surface area contributed by atoms with Crippen molar-refractivity contribution < 1.29 is 24.9 Å². The minimum atomic E-state index is -1.41. The Morgan fingerprint density at radius 1 is 1.13 bits per heavy atom. The molecule has 30 heavy (non-hydrogen) atoms. The molecule has 4 N–H and O–H groups in total.